The number of morpholine rings is 1. The maximum Gasteiger partial charge on any atom is 0.233 e. The normalized spacial score (nSPS) is 23.4. The number of carbonyl (C=O) groups excluding carboxylic acids is 1. The summed E-state index contributed by atoms with van der Waals surface area (Å²) in [5, 5.41) is 6.29. The minimum Gasteiger partial charge on any atom is -0.374 e. The van der Waals surface area contributed by atoms with Crippen LogP contribution in [0.15, 0.2) is 30.3 Å². The van der Waals surface area contributed by atoms with Crippen LogP contribution in [-0.2, 0) is 14.9 Å². The van der Waals surface area contributed by atoms with E-state index in [4.69, 9.17) is 4.74 Å². The summed E-state index contributed by atoms with van der Waals surface area (Å²) in [4.78, 5) is 14.3. The van der Waals surface area contributed by atoms with Crippen molar-refractivity contribution in [3.8, 4) is 0 Å². The molecule has 3 rings (SSSR count). The Morgan fingerprint density at radius 2 is 2.13 bits per heavy atom. The van der Waals surface area contributed by atoms with Crippen molar-refractivity contribution >= 4 is 5.91 Å². The standard InChI is InChI=1S/C18H27N3O2/c1-21-9-10-23-16(13-21)11-19-12-17(22)20-14-18(7-8-18)15-5-3-2-4-6-15/h2-6,16,19H,7-14H2,1H3,(H,20,22)/t16-/m0/s1. The number of likely N-dealkylation sites (N-methyl/N-ethyl adjacent to an activating group) is 1. The Morgan fingerprint density at radius 1 is 1.35 bits per heavy atom. The summed E-state index contributed by atoms with van der Waals surface area (Å²) in [6.45, 7) is 4.50. The van der Waals surface area contributed by atoms with Gasteiger partial charge in [-0.25, -0.2) is 0 Å². The lowest BCUT2D eigenvalue weighted by atomic mass is 9.96. The molecule has 1 aliphatic carbocycles. The molecule has 126 valence electrons. The summed E-state index contributed by atoms with van der Waals surface area (Å²) in [7, 11) is 2.10. The molecule has 0 bridgehead atoms. The van der Waals surface area contributed by atoms with Crippen LogP contribution in [0.4, 0.5) is 0 Å². The highest BCUT2D eigenvalue weighted by Gasteiger charge is 2.44. The molecule has 1 amide bonds. The monoisotopic (exact) mass is 317 g/mol. The van der Waals surface area contributed by atoms with Gasteiger partial charge in [0.05, 0.1) is 19.3 Å². The van der Waals surface area contributed by atoms with Gasteiger partial charge in [0.25, 0.3) is 0 Å². The van der Waals surface area contributed by atoms with Gasteiger partial charge in [-0.1, -0.05) is 30.3 Å². The molecule has 1 aromatic carbocycles. The van der Waals surface area contributed by atoms with Gasteiger partial charge in [0, 0.05) is 31.6 Å². The molecular weight excluding hydrogens is 290 g/mol. The summed E-state index contributed by atoms with van der Waals surface area (Å²) < 4.78 is 5.68. The first-order valence-corrected chi connectivity index (χ1v) is 8.51. The average Bonchev–Trinajstić information content (AvgIpc) is 3.35. The summed E-state index contributed by atoms with van der Waals surface area (Å²) in [5.74, 6) is 0.0661. The summed E-state index contributed by atoms with van der Waals surface area (Å²) in [5.41, 5.74) is 1.51. The van der Waals surface area contributed by atoms with E-state index in [0.29, 0.717) is 6.54 Å². The van der Waals surface area contributed by atoms with Crippen LogP contribution >= 0.6 is 0 Å². The van der Waals surface area contributed by atoms with Crippen LogP contribution in [0.2, 0.25) is 0 Å². The van der Waals surface area contributed by atoms with Gasteiger partial charge >= 0.3 is 0 Å². The third-order valence-electron chi connectivity index (χ3n) is 4.86. The van der Waals surface area contributed by atoms with Gasteiger partial charge in [0.15, 0.2) is 0 Å². The van der Waals surface area contributed by atoms with Crippen LogP contribution in [0, 0.1) is 0 Å². The van der Waals surface area contributed by atoms with Gasteiger partial charge in [-0.2, -0.15) is 0 Å². The zero-order valence-electron chi connectivity index (χ0n) is 13.9. The van der Waals surface area contributed by atoms with Crippen molar-refractivity contribution in [3.05, 3.63) is 35.9 Å². The van der Waals surface area contributed by atoms with Crippen LogP contribution in [0.5, 0.6) is 0 Å². The number of ether oxygens (including phenoxy) is 1. The molecule has 0 radical (unpaired) electrons. The zero-order valence-corrected chi connectivity index (χ0v) is 13.9. The van der Waals surface area contributed by atoms with Crippen LogP contribution in [0.3, 0.4) is 0 Å². The lowest BCUT2D eigenvalue weighted by Crippen LogP contribution is -2.46. The van der Waals surface area contributed by atoms with E-state index in [9.17, 15) is 4.79 Å². The van der Waals surface area contributed by atoms with Crippen molar-refractivity contribution in [2.45, 2.75) is 24.4 Å². The Morgan fingerprint density at radius 3 is 2.83 bits per heavy atom. The fourth-order valence-corrected chi connectivity index (χ4v) is 3.18. The quantitative estimate of drug-likeness (QED) is 0.779. The second-order valence-electron chi connectivity index (χ2n) is 6.81. The summed E-state index contributed by atoms with van der Waals surface area (Å²) in [6.07, 6.45) is 2.50. The van der Waals surface area contributed by atoms with Crippen LogP contribution in [-0.4, -0.2) is 63.3 Å². The molecule has 1 aliphatic heterocycles. The van der Waals surface area contributed by atoms with Gasteiger partial charge in [-0.15, -0.1) is 0 Å². The number of benzene rings is 1. The number of nitrogens with one attached hydrogen (secondary N) is 2. The number of rotatable bonds is 7. The van der Waals surface area contributed by atoms with Crippen molar-refractivity contribution in [1.29, 1.82) is 0 Å². The molecule has 5 heteroatoms. The van der Waals surface area contributed by atoms with E-state index >= 15 is 0 Å². The van der Waals surface area contributed by atoms with Crippen molar-refractivity contribution in [3.63, 3.8) is 0 Å². The Balaban J connectivity index is 1.35. The third kappa shape index (κ3) is 4.53. The molecule has 2 aliphatic rings. The van der Waals surface area contributed by atoms with Crippen molar-refractivity contribution in [2.24, 2.45) is 0 Å². The fraction of sp³-hybridized carbons (Fsp3) is 0.611. The number of hydrogen-bond acceptors (Lipinski definition) is 4. The van der Waals surface area contributed by atoms with Gasteiger partial charge in [0.2, 0.25) is 5.91 Å². The highest BCUT2D eigenvalue weighted by molar-refractivity contribution is 5.78. The van der Waals surface area contributed by atoms with Crippen molar-refractivity contribution in [1.82, 2.24) is 15.5 Å². The largest absolute Gasteiger partial charge is 0.374 e. The van der Waals surface area contributed by atoms with Crippen LogP contribution < -0.4 is 10.6 Å². The van der Waals surface area contributed by atoms with E-state index in [2.05, 4.69) is 46.8 Å². The van der Waals surface area contributed by atoms with Gasteiger partial charge in [-0.3, -0.25) is 4.79 Å². The minimum absolute atomic E-state index is 0.0661. The Kier molecular flexibility index (Phi) is 5.30. The molecule has 0 aromatic heterocycles. The molecule has 0 spiro atoms. The Bertz CT molecular complexity index is 516. The van der Waals surface area contributed by atoms with Gasteiger partial charge < -0.3 is 20.3 Å². The molecule has 1 saturated heterocycles. The van der Waals surface area contributed by atoms with E-state index in [0.717, 1.165) is 45.6 Å². The first-order valence-electron chi connectivity index (χ1n) is 8.51. The first kappa shape index (κ1) is 16.4. The highest BCUT2D eigenvalue weighted by atomic mass is 16.5. The van der Waals surface area contributed by atoms with Gasteiger partial charge in [-0.05, 0) is 25.5 Å². The maximum atomic E-state index is 12.0. The lowest BCUT2D eigenvalue weighted by Gasteiger charge is -2.30. The second kappa shape index (κ2) is 7.43. The summed E-state index contributed by atoms with van der Waals surface area (Å²) in [6, 6.07) is 10.5. The van der Waals surface area contributed by atoms with E-state index in [1.807, 2.05) is 6.07 Å². The molecule has 1 heterocycles. The molecule has 1 atom stereocenters. The lowest BCUT2D eigenvalue weighted by molar-refractivity contribution is -0.120. The molecule has 2 fully saturated rings. The molecular formula is C18H27N3O2. The molecule has 1 saturated carbocycles. The number of hydrogen-bond donors (Lipinski definition) is 2. The van der Waals surface area contributed by atoms with E-state index < -0.39 is 0 Å². The Labute approximate surface area is 138 Å². The van der Waals surface area contributed by atoms with Crippen LogP contribution in [0.25, 0.3) is 0 Å². The van der Waals surface area contributed by atoms with Gasteiger partial charge in [0.1, 0.15) is 0 Å². The van der Waals surface area contributed by atoms with Crippen LogP contribution in [0.1, 0.15) is 18.4 Å². The maximum absolute atomic E-state index is 12.0. The predicted octanol–water partition coefficient (Wildman–Crippen LogP) is 0.755. The molecule has 0 unspecified atom stereocenters. The predicted molar refractivity (Wildman–Crippen MR) is 90.5 cm³/mol. The zero-order chi connectivity index (χ0) is 16.1. The first-order chi connectivity index (χ1) is 11.2. The third-order valence-corrected chi connectivity index (χ3v) is 4.86. The second-order valence-corrected chi connectivity index (χ2v) is 6.81. The number of amides is 1. The molecule has 5 nitrogen and oxygen atoms in total. The molecule has 1 aromatic rings. The van der Waals surface area contributed by atoms with Crippen molar-refractivity contribution < 1.29 is 9.53 Å². The number of carbonyl (C=O) groups is 1. The average molecular weight is 317 g/mol. The van der Waals surface area contributed by atoms with Crippen molar-refractivity contribution in [2.75, 3.05) is 46.4 Å². The Hall–Kier alpha value is -1.43. The SMILES string of the molecule is CN1CCO[C@@H](CNCC(=O)NCC2(c3ccccc3)CC2)C1. The fourth-order valence-electron chi connectivity index (χ4n) is 3.18. The van der Waals surface area contributed by atoms with E-state index in [-0.39, 0.29) is 17.4 Å². The molecule has 2 N–H and O–H groups in total. The molecule has 23 heavy (non-hydrogen) atoms. The smallest absolute Gasteiger partial charge is 0.233 e. The summed E-state index contributed by atoms with van der Waals surface area (Å²) >= 11 is 0. The number of nitrogens with zero attached hydrogens (tertiary/aromatic N) is 1. The highest BCUT2D eigenvalue weighted by Crippen LogP contribution is 2.47. The topological polar surface area (TPSA) is 53.6 Å². The van der Waals surface area contributed by atoms with E-state index in [1.165, 1.54) is 5.56 Å². The minimum atomic E-state index is 0.0661. The van der Waals surface area contributed by atoms with E-state index in [1.54, 1.807) is 0 Å².